The van der Waals surface area contributed by atoms with Crippen molar-refractivity contribution in [3.05, 3.63) is 18.0 Å². The normalized spacial score (nSPS) is 20.3. The SMILES string of the molecule is CC(C)(C(=O)O)C1CCCN(C(=O)c2ccn[nH]2)C1. The molecule has 2 heterocycles. The average Bonchev–Trinajstić information content (AvgIpc) is 2.91. The number of carbonyl (C=O) groups excluding carboxylic acids is 1. The molecule has 1 aliphatic rings. The quantitative estimate of drug-likeness (QED) is 0.864. The molecular formula is C13H19N3O3. The van der Waals surface area contributed by atoms with Crippen molar-refractivity contribution in [2.24, 2.45) is 11.3 Å². The molecule has 1 atom stereocenters. The summed E-state index contributed by atoms with van der Waals surface area (Å²) in [6, 6.07) is 1.63. The standard InChI is InChI=1S/C13H19N3O3/c1-13(2,12(18)19)9-4-3-7-16(8-9)11(17)10-5-6-14-15-10/h5-6,9H,3-4,7-8H2,1-2H3,(H,14,15)(H,18,19). The van der Waals surface area contributed by atoms with Crippen LogP contribution in [0, 0.1) is 11.3 Å². The highest BCUT2D eigenvalue weighted by Crippen LogP contribution is 2.34. The summed E-state index contributed by atoms with van der Waals surface area (Å²) in [5.41, 5.74) is -0.360. The lowest BCUT2D eigenvalue weighted by atomic mass is 9.74. The Morgan fingerprint density at radius 3 is 2.84 bits per heavy atom. The fourth-order valence-corrected chi connectivity index (χ4v) is 2.47. The van der Waals surface area contributed by atoms with Gasteiger partial charge in [-0.05, 0) is 38.7 Å². The van der Waals surface area contributed by atoms with Gasteiger partial charge < -0.3 is 10.0 Å². The van der Waals surface area contributed by atoms with Gasteiger partial charge in [-0.3, -0.25) is 14.7 Å². The van der Waals surface area contributed by atoms with Gasteiger partial charge in [0, 0.05) is 19.3 Å². The first-order valence-corrected chi connectivity index (χ1v) is 6.45. The third-order valence-electron chi connectivity index (χ3n) is 4.01. The molecule has 0 aliphatic carbocycles. The van der Waals surface area contributed by atoms with Crippen LogP contribution in [-0.2, 0) is 4.79 Å². The highest BCUT2D eigenvalue weighted by molar-refractivity contribution is 5.92. The minimum Gasteiger partial charge on any atom is -0.481 e. The maximum atomic E-state index is 12.2. The zero-order chi connectivity index (χ0) is 14.0. The number of nitrogens with one attached hydrogen (secondary N) is 1. The molecule has 2 N–H and O–H groups in total. The zero-order valence-corrected chi connectivity index (χ0v) is 11.2. The van der Waals surface area contributed by atoms with E-state index in [0.717, 1.165) is 12.8 Å². The molecule has 1 aromatic heterocycles. The highest BCUT2D eigenvalue weighted by atomic mass is 16.4. The van der Waals surface area contributed by atoms with Crippen molar-refractivity contribution >= 4 is 11.9 Å². The first-order valence-electron chi connectivity index (χ1n) is 6.45. The van der Waals surface area contributed by atoms with Gasteiger partial charge >= 0.3 is 5.97 Å². The van der Waals surface area contributed by atoms with Gasteiger partial charge in [-0.1, -0.05) is 0 Å². The number of amides is 1. The number of nitrogens with zero attached hydrogens (tertiary/aromatic N) is 2. The van der Waals surface area contributed by atoms with Crippen LogP contribution in [0.1, 0.15) is 37.2 Å². The van der Waals surface area contributed by atoms with Crippen LogP contribution in [0.3, 0.4) is 0 Å². The van der Waals surface area contributed by atoms with Gasteiger partial charge in [0.2, 0.25) is 0 Å². The van der Waals surface area contributed by atoms with E-state index in [1.165, 1.54) is 6.20 Å². The van der Waals surface area contributed by atoms with Crippen LogP contribution in [-0.4, -0.2) is 45.2 Å². The number of rotatable bonds is 3. The molecule has 6 nitrogen and oxygen atoms in total. The summed E-state index contributed by atoms with van der Waals surface area (Å²) in [6.45, 7) is 4.61. The van der Waals surface area contributed by atoms with Crippen LogP contribution in [0.4, 0.5) is 0 Å². The Kier molecular flexibility index (Phi) is 3.59. The molecule has 0 radical (unpaired) electrons. The van der Waals surface area contributed by atoms with E-state index in [4.69, 9.17) is 0 Å². The largest absolute Gasteiger partial charge is 0.481 e. The van der Waals surface area contributed by atoms with E-state index in [-0.39, 0.29) is 11.8 Å². The molecule has 1 unspecified atom stereocenters. The van der Waals surface area contributed by atoms with E-state index in [2.05, 4.69) is 10.2 Å². The van der Waals surface area contributed by atoms with Crippen molar-refractivity contribution in [1.82, 2.24) is 15.1 Å². The summed E-state index contributed by atoms with van der Waals surface area (Å²) >= 11 is 0. The molecule has 0 spiro atoms. The van der Waals surface area contributed by atoms with Gasteiger partial charge in [0.15, 0.2) is 0 Å². The van der Waals surface area contributed by atoms with Gasteiger partial charge in [-0.15, -0.1) is 0 Å². The Labute approximate surface area is 111 Å². The van der Waals surface area contributed by atoms with Crippen molar-refractivity contribution in [3.63, 3.8) is 0 Å². The zero-order valence-electron chi connectivity index (χ0n) is 11.2. The summed E-state index contributed by atoms with van der Waals surface area (Å²) in [5.74, 6) is -0.942. The molecule has 19 heavy (non-hydrogen) atoms. The average molecular weight is 265 g/mol. The molecule has 6 heteroatoms. The Morgan fingerprint density at radius 2 is 2.26 bits per heavy atom. The van der Waals surface area contributed by atoms with E-state index in [0.29, 0.717) is 18.8 Å². The molecule has 1 saturated heterocycles. The Bertz CT molecular complexity index is 467. The second-order valence-corrected chi connectivity index (χ2v) is 5.59. The van der Waals surface area contributed by atoms with Crippen LogP contribution in [0.15, 0.2) is 12.3 Å². The van der Waals surface area contributed by atoms with Crippen LogP contribution < -0.4 is 0 Å². The Morgan fingerprint density at radius 1 is 1.53 bits per heavy atom. The minimum atomic E-state index is -0.813. The third-order valence-corrected chi connectivity index (χ3v) is 4.01. The number of hydrogen-bond acceptors (Lipinski definition) is 3. The van der Waals surface area contributed by atoms with Gasteiger partial charge in [0.05, 0.1) is 5.41 Å². The lowest BCUT2D eigenvalue weighted by Crippen LogP contribution is -2.46. The summed E-state index contributed by atoms with van der Waals surface area (Å²) in [6.07, 6.45) is 3.21. The van der Waals surface area contributed by atoms with E-state index in [1.54, 1.807) is 24.8 Å². The monoisotopic (exact) mass is 265 g/mol. The maximum absolute atomic E-state index is 12.2. The predicted octanol–water partition coefficient (Wildman–Crippen LogP) is 1.37. The fourth-order valence-electron chi connectivity index (χ4n) is 2.47. The summed E-state index contributed by atoms with van der Waals surface area (Å²) < 4.78 is 0. The molecular weight excluding hydrogens is 246 g/mol. The molecule has 1 fully saturated rings. The van der Waals surface area contributed by atoms with Crippen LogP contribution >= 0.6 is 0 Å². The lowest BCUT2D eigenvalue weighted by Gasteiger charge is -2.39. The smallest absolute Gasteiger partial charge is 0.309 e. The van der Waals surface area contributed by atoms with E-state index < -0.39 is 11.4 Å². The van der Waals surface area contributed by atoms with Crippen LogP contribution in [0.5, 0.6) is 0 Å². The molecule has 2 rings (SSSR count). The molecule has 1 amide bonds. The molecule has 0 aromatic carbocycles. The third kappa shape index (κ3) is 2.62. The number of hydrogen-bond donors (Lipinski definition) is 2. The summed E-state index contributed by atoms with van der Waals surface area (Å²) in [7, 11) is 0. The topological polar surface area (TPSA) is 86.3 Å². The van der Waals surface area contributed by atoms with Gasteiger partial charge in [-0.2, -0.15) is 5.10 Å². The van der Waals surface area contributed by atoms with E-state index in [1.807, 2.05) is 0 Å². The summed E-state index contributed by atoms with van der Waals surface area (Å²) in [4.78, 5) is 25.2. The number of H-pyrrole nitrogens is 1. The summed E-state index contributed by atoms with van der Waals surface area (Å²) in [5, 5.41) is 15.7. The van der Waals surface area contributed by atoms with Gasteiger partial charge in [-0.25, -0.2) is 0 Å². The minimum absolute atomic E-state index is 0.0226. The number of carboxylic acids is 1. The van der Waals surface area contributed by atoms with Gasteiger partial charge in [0.25, 0.3) is 5.91 Å². The predicted molar refractivity (Wildman–Crippen MR) is 68.6 cm³/mol. The molecule has 0 bridgehead atoms. The van der Waals surface area contributed by atoms with Crippen molar-refractivity contribution < 1.29 is 14.7 Å². The second-order valence-electron chi connectivity index (χ2n) is 5.59. The lowest BCUT2D eigenvalue weighted by molar-refractivity contribution is -0.151. The first kappa shape index (κ1) is 13.6. The molecule has 104 valence electrons. The van der Waals surface area contributed by atoms with Gasteiger partial charge in [0.1, 0.15) is 5.69 Å². The van der Waals surface area contributed by atoms with Crippen molar-refractivity contribution in [1.29, 1.82) is 0 Å². The Hall–Kier alpha value is -1.85. The molecule has 1 aromatic rings. The van der Waals surface area contributed by atoms with Crippen LogP contribution in [0.2, 0.25) is 0 Å². The van der Waals surface area contributed by atoms with E-state index in [9.17, 15) is 14.7 Å². The number of piperidine rings is 1. The number of carboxylic acid groups (broad SMARTS) is 1. The maximum Gasteiger partial charge on any atom is 0.309 e. The van der Waals surface area contributed by atoms with Crippen molar-refractivity contribution in [2.75, 3.05) is 13.1 Å². The first-order chi connectivity index (χ1) is 8.93. The molecule has 1 aliphatic heterocycles. The van der Waals surface area contributed by atoms with E-state index >= 15 is 0 Å². The van der Waals surface area contributed by atoms with Crippen molar-refractivity contribution in [3.8, 4) is 0 Å². The fraction of sp³-hybridized carbons (Fsp3) is 0.615. The number of carbonyl (C=O) groups is 2. The second kappa shape index (κ2) is 5.03. The number of likely N-dealkylation sites (tertiary alicyclic amines) is 1. The Balaban J connectivity index is 2.09. The number of aromatic amines is 1. The number of aliphatic carboxylic acids is 1. The molecule has 0 saturated carbocycles. The number of aromatic nitrogens is 2. The highest BCUT2D eigenvalue weighted by Gasteiger charge is 2.40. The van der Waals surface area contributed by atoms with Crippen LogP contribution in [0.25, 0.3) is 0 Å². The van der Waals surface area contributed by atoms with Crippen molar-refractivity contribution in [2.45, 2.75) is 26.7 Å².